The van der Waals surface area contributed by atoms with Crippen molar-refractivity contribution in [2.45, 2.75) is 33.4 Å². The summed E-state index contributed by atoms with van der Waals surface area (Å²) in [5.74, 6) is -0.214. The summed E-state index contributed by atoms with van der Waals surface area (Å²) in [6.07, 6.45) is 4.01. The molecule has 2 heterocycles. The van der Waals surface area contributed by atoms with Crippen molar-refractivity contribution in [1.82, 2.24) is 24.9 Å². The van der Waals surface area contributed by atoms with Gasteiger partial charge in [0.25, 0.3) is 5.91 Å². The molecule has 8 heteroatoms. The monoisotopic (exact) mass is 329 g/mol. The Labute approximate surface area is 133 Å². The number of hydrogen-bond donors (Lipinski definition) is 1. The van der Waals surface area contributed by atoms with E-state index < -0.39 is 0 Å². The van der Waals surface area contributed by atoms with Gasteiger partial charge in [0.1, 0.15) is 5.69 Å². The van der Waals surface area contributed by atoms with Crippen molar-refractivity contribution in [2.75, 3.05) is 6.54 Å². The van der Waals surface area contributed by atoms with Crippen LogP contribution in [-0.4, -0.2) is 32.0 Å². The third-order valence-electron chi connectivity index (χ3n) is 3.05. The zero-order valence-electron chi connectivity index (χ0n) is 11.9. The second kappa shape index (κ2) is 6.95. The first-order chi connectivity index (χ1) is 10.0. The fraction of sp³-hybridized carbons (Fsp3) is 0.462. The van der Waals surface area contributed by atoms with Crippen LogP contribution in [0.3, 0.4) is 0 Å². The molecule has 0 saturated heterocycles. The highest BCUT2D eigenvalue weighted by molar-refractivity contribution is 6.33. The van der Waals surface area contributed by atoms with Gasteiger partial charge in [-0.2, -0.15) is 10.2 Å². The molecular weight excluding hydrogens is 313 g/mol. The molecule has 2 aromatic heterocycles. The van der Waals surface area contributed by atoms with Gasteiger partial charge in [0, 0.05) is 25.8 Å². The fourth-order valence-corrected chi connectivity index (χ4v) is 2.34. The topological polar surface area (TPSA) is 64.7 Å². The molecule has 0 aromatic carbocycles. The maximum absolute atomic E-state index is 12.1. The molecular formula is C13H17Cl2N5O. The molecule has 2 aromatic rings. The van der Waals surface area contributed by atoms with E-state index in [1.54, 1.807) is 15.6 Å². The lowest BCUT2D eigenvalue weighted by atomic mass is 10.3. The average Bonchev–Trinajstić information content (AvgIpc) is 2.98. The summed E-state index contributed by atoms with van der Waals surface area (Å²) in [6.45, 7) is 5.58. The molecule has 1 amide bonds. The Kier molecular flexibility index (Phi) is 5.25. The van der Waals surface area contributed by atoms with Gasteiger partial charge in [-0.25, -0.2) is 0 Å². The highest BCUT2D eigenvalue weighted by Crippen LogP contribution is 2.15. The molecule has 21 heavy (non-hydrogen) atoms. The number of amides is 1. The molecule has 0 aliphatic carbocycles. The van der Waals surface area contributed by atoms with E-state index >= 15 is 0 Å². The van der Waals surface area contributed by atoms with E-state index in [-0.39, 0.29) is 5.91 Å². The number of carbonyl (C=O) groups excluding carboxylic acids is 1. The van der Waals surface area contributed by atoms with Crippen LogP contribution in [0.4, 0.5) is 0 Å². The zero-order valence-corrected chi connectivity index (χ0v) is 13.4. The molecule has 0 radical (unpaired) electrons. The lowest BCUT2D eigenvalue weighted by Gasteiger charge is -2.07. The molecule has 6 nitrogen and oxygen atoms in total. The van der Waals surface area contributed by atoms with Crippen molar-refractivity contribution >= 4 is 29.1 Å². The number of halogens is 2. The first-order valence-electron chi connectivity index (χ1n) is 6.72. The van der Waals surface area contributed by atoms with E-state index in [1.807, 2.05) is 13.8 Å². The minimum Gasteiger partial charge on any atom is -0.351 e. The van der Waals surface area contributed by atoms with Gasteiger partial charge in [0.05, 0.1) is 21.9 Å². The van der Waals surface area contributed by atoms with E-state index in [1.165, 1.54) is 6.20 Å². The number of aromatic nitrogens is 4. The smallest absolute Gasteiger partial charge is 0.271 e. The van der Waals surface area contributed by atoms with Gasteiger partial charge in [-0.15, -0.1) is 0 Å². The summed E-state index contributed by atoms with van der Waals surface area (Å²) in [7, 11) is 0. The van der Waals surface area contributed by atoms with Gasteiger partial charge >= 0.3 is 0 Å². The molecule has 0 aliphatic heterocycles. The van der Waals surface area contributed by atoms with Gasteiger partial charge in [0.2, 0.25) is 0 Å². The first-order valence-corrected chi connectivity index (χ1v) is 7.47. The summed E-state index contributed by atoms with van der Waals surface area (Å²) >= 11 is 11.9. The summed E-state index contributed by atoms with van der Waals surface area (Å²) in [4.78, 5) is 12.1. The standard InChI is InChI=1S/C13H17Cl2N5O/c1-3-20-12(10(14)7-17-20)13(21)16-5-4-6-19-8-11(15)9(2)18-19/h7-8H,3-6H2,1-2H3,(H,16,21). The maximum atomic E-state index is 12.1. The van der Waals surface area contributed by atoms with Crippen molar-refractivity contribution in [3.8, 4) is 0 Å². The Balaban J connectivity index is 1.83. The Morgan fingerprint density at radius 3 is 2.76 bits per heavy atom. The fourth-order valence-electron chi connectivity index (χ4n) is 1.96. The highest BCUT2D eigenvalue weighted by atomic mass is 35.5. The first kappa shape index (κ1) is 15.9. The van der Waals surface area contributed by atoms with Crippen LogP contribution >= 0.6 is 23.2 Å². The molecule has 0 bridgehead atoms. The molecule has 0 spiro atoms. The van der Waals surface area contributed by atoms with Crippen LogP contribution in [0.25, 0.3) is 0 Å². The number of carbonyl (C=O) groups is 1. The Bertz CT molecular complexity index is 615. The third kappa shape index (κ3) is 3.77. The van der Waals surface area contributed by atoms with Gasteiger partial charge in [-0.1, -0.05) is 23.2 Å². The maximum Gasteiger partial charge on any atom is 0.271 e. The lowest BCUT2D eigenvalue weighted by molar-refractivity contribution is 0.0942. The van der Waals surface area contributed by atoms with Crippen molar-refractivity contribution in [1.29, 1.82) is 0 Å². The van der Waals surface area contributed by atoms with E-state index in [0.717, 1.165) is 12.1 Å². The highest BCUT2D eigenvalue weighted by Gasteiger charge is 2.16. The largest absolute Gasteiger partial charge is 0.351 e. The number of nitrogens with zero attached hydrogens (tertiary/aromatic N) is 4. The molecule has 0 saturated carbocycles. The Morgan fingerprint density at radius 1 is 1.38 bits per heavy atom. The number of aryl methyl sites for hydroxylation is 3. The van der Waals surface area contributed by atoms with Crippen molar-refractivity contribution in [3.05, 3.63) is 33.8 Å². The minimum atomic E-state index is -0.214. The van der Waals surface area contributed by atoms with Crippen LogP contribution in [0.5, 0.6) is 0 Å². The SMILES string of the molecule is CCn1ncc(Cl)c1C(=O)NCCCn1cc(Cl)c(C)n1. The van der Waals surface area contributed by atoms with Crippen LogP contribution in [0.2, 0.25) is 10.0 Å². The zero-order chi connectivity index (χ0) is 15.4. The van der Waals surface area contributed by atoms with Gasteiger partial charge in [-0.05, 0) is 20.3 Å². The van der Waals surface area contributed by atoms with Crippen LogP contribution < -0.4 is 5.32 Å². The van der Waals surface area contributed by atoms with Crippen LogP contribution in [0.15, 0.2) is 12.4 Å². The van der Waals surface area contributed by atoms with E-state index in [2.05, 4.69) is 15.5 Å². The summed E-state index contributed by atoms with van der Waals surface area (Å²) in [6, 6.07) is 0. The van der Waals surface area contributed by atoms with E-state index in [9.17, 15) is 4.79 Å². The normalized spacial score (nSPS) is 10.9. The molecule has 0 unspecified atom stereocenters. The van der Waals surface area contributed by atoms with Crippen LogP contribution in [-0.2, 0) is 13.1 Å². The van der Waals surface area contributed by atoms with Gasteiger partial charge in [-0.3, -0.25) is 14.2 Å². The summed E-state index contributed by atoms with van der Waals surface area (Å²) < 4.78 is 3.35. The third-order valence-corrected chi connectivity index (χ3v) is 3.69. The van der Waals surface area contributed by atoms with Crippen LogP contribution in [0.1, 0.15) is 29.5 Å². The van der Waals surface area contributed by atoms with Crippen molar-refractivity contribution in [2.24, 2.45) is 0 Å². The quantitative estimate of drug-likeness (QED) is 0.828. The molecule has 0 fully saturated rings. The minimum absolute atomic E-state index is 0.214. The van der Waals surface area contributed by atoms with E-state index in [0.29, 0.717) is 35.4 Å². The lowest BCUT2D eigenvalue weighted by Crippen LogP contribution is -2.28. The molecule has 0 atom stereocenters. The molecule has 2 rings (SSSR count). The second-order valence-corrected chi connectivity index (χ2v) is 5.41. The van der Waals surface area contributed by atoms with Gasteiger partial charge < -0.3 is 5.32 Å². The number of hydrogen-bond acceptors (Lipinski definition) is 3. The Morgan fingerprint density at radius 2 is 2.14 bits per heavy atom. The predicted molar refractivity (Wildman–Crippen MR) is 81.8 cm³/mol. The summed E-state index contributed by atoms with van der Waals surface area (Å²) in [5.41, 5.74) is 1.21. The van der Waals surface area contributed by atoms with Crippen LogP contribution in [0, 0.1) is 6.92 Å². The Hall–Kier alpha value is -1.53. The number of nitrogens with one attached hydrogen (secondary N) is 1. The number of rotatable bonds is 6. The van der Waals surface area contributed by atoms with Crippen molar-refractivity contribution in [3.63, 3.8) is 0 Å². The van der Waals surface area contributed by atoms with Gasteiger partial charge in [0.15, 0.2) is 0 Å². The predicted octanol–water partition coefficient (Wildman–Crippen LogP) is 2.53. The van der Waals surface area contributed by atoms with E-state index in [4.69, 9.17) is 23.2 Å². The molecule has 114 valence electrons. The molecule has 1 N–H and O–H groups in total. The summed E-state index contributed by atoms with van der Waals surface area (Å²) in [5, 5.41) is 12.1. The molecule has 0 aliphatic rings. The second-order valence-electron chi connectivity index (χ2n) is 4.59. The average molecular weight is 330 g/mol. The van der Waals surface area contributed by atoms with Crippen molar-refractivity contribution < 1.29 is 4.79 Å².